The molecule has 1 aliphatic heterocycles. The van der Waals surface area contributed by atoms with Crippen LogP contribution in [0.5, 0.6) is 0 Å². The number of nitrogens with zero attached hydrogens (tertiary/aromatic N) is 6. The molecule has 10 nitrogen and oxygen atoms in total. The van der Waals surface area contributed by atoms with Gasteiger partial charge in [0.2, 0.25) is 5.95 Å². The van der Waals surface area contributed by atoms with Gasteiger partial charge < -0.3 is 20.6 Å². The Labute approximate surface area is 194 Å². The van der Waals surface area contributed by atoms with Crippen LogP contribution in [0.4, 0.5) is 26.5 Å². The average molecular weight is 462 g/mol. The summed E-state index contributed by atoms with van der Waals surface area (Å²) in [7, 11) is 0. The van der Waals surface area contributed by atoms with Gasteiger partial charge in [0, 0.05) is 31.0 Å². The highest BCUT2D eigenvalue weighted by Crippen LogP contribution is 2.32. The Kier molecular flexibility index (Phi) is 5.66. The minimum absolute atomic E-state index is 0.158. The van der Waals surface area contributed by atoms with Crippen LogP contribution in [0, 0.1) is 5.82 Å². The molecule has 0 bridgehead atoms. The van der Waals surface area contributed by atoms with Gasteiger partial charge in [0.05, 0.1) is 29.3 Å². The zero-order valence-corrected chi connectivity index (χ0v) is 18.4. The highest BCUT2D eigenvalue weighted by atomic mass is 19.1. The molecule has 0 unspecified atom stereocenters. The Bertz CT molecular complexity index is 1340. The van der Waals surface area contributed by atoms with Crippen molar-refractivity contribution in [3.63, 3.8) is 0 Å². The highest BCUT2D eigenvalue weighted by Gasteiger charge is 2.28. The Hall–Kier alpha value is -4.28. The maximum atomic E-state index is 14.3. The van der Waals surface area contributed by atoms with Gasteiger partial charge in [-0.1, -0.05) is 0 Å². The Morgan fingerprint density at radius 2 is 2.03 bits per heavy atom. The Morgan fingerprint density at radius 1 is 1.15 bits per heavy atom. The first-order chi connectivity index (χ1) is 16.5. The van der Waals surface area contributed by atoms with E-state index in [1.54, 1.807) is 35.2 Å². The molecule has 1 saturated heterocycles. The number of rotatable bonds is 5. The number of aromatic nitrogens is 5. The summed E-state index contributed by atoms with van der Waals surface area (Å²) in [5.74, 6) is -0.0190. The second-order valence-corrected chi connectivity index (χ2v) is 8.21. The number of amides is 1. The van der Waals surface area contributed by atoms with Gasteiger partial charge >= 0.3 is 6.09 Å². The van der Waals surface area contributed by atoms with E-state index >= 15 is 0 Å². The molecule has 174 valence electrons. The molecule has 0 spiro atoms. The number of carbonyl (C=O) groups is 1. The summed E-state index contributed by atoms with van der Waals surface area (Å²) in [6.45, 7) is 2.65. The van der Waals surface area contributed by atoms with E-state index in [2.05, 4.69) is 42.5 Å². The third-order valence-electron chi connectivity index (χ3n) is 5.95. The first-order valence-corrected chi connectivity index (χ1v) is 10.9. The van der Waals surface area contributed by atoms with Crippen molar-refractivity contribution in [1.29, 1.82) is 0 Å². The van der Waals surface area contributed by atoms with Crippen LogP contribution in [0.25, 0.3) is 16.9 Å². The lowest BCUT2D eigenvalue weighted by atomic mass is 9.98. The standard InChI is InChI=1S/C23H23FN8O2/c1-14-4-5-15(28-23(33)34)13-31(14)20-8-10-25-12-19(20)29-22-27-11-16-6-7-18(30-32(16)22)21-17(24)3-2-9-26-21/h2-3,6-12,14-15,28H,4-5,13H2,1H3,(H,27,29)(H,33,34)/t14-,15-/m0/s1. The van der Waals surface area contributed by atoms with Crippen LogP contribution in [-0.2, 0) is 0 Å². The molecule has 0 radical (unpaired) electrons. The van der Waals surface area contributed by atoms with Crippen LogP contribution in [-0.4, -0.2) is 54.4 Å². The van der Waals surface area contributed by atoms with Crippen LogP contribution < -0.4 is 15.5 Å². The summed E-state index contributed by atoms with van der Waals surface area (Å²) in [5.41, 5.74) is 2.85. The summed E-state index contributed by atoms with van der Waals surface area (Å²) >= 11 is 0. The number of carboxylic acid groups (broad SMARTS) is 1. The van der Waals surface area contributed by atoms with Crippen molar-refractivity contribution in [2.24, 2.45) is 0 Å². The number of anilines is 3. The normalized spacial score (nSPS) is 18.1. The molecule has 5 rings (SSSR count). The molecule has 5 heterocycles. The second-order valence-electron chi connectivity index (χ2n) is 8.21. The molecule has 1 amide bonds. The van der Waals surface area contributed by atoms with Crippen LogP contribution in [0.15, 0.2) is 55.1 Å². The first-order valence-electron chi connectivity index (χ1n) is 10.9. The summed E-state index contributed by atoms with van der Waals surface area (Å²) in [6.07, 6.45) is 7.18. The van der Waals surface area contributed by atoms with E-state index in [4.69, 9.17) is 5.11 Å². The number of pyridine rings is 2. The topological polar surface area (TPSA) is 121 Å². The molecule has 4 aromatic rings. The molecule has 1 fully saturated rings. The van der Waals surface area contributed by atoms with Crippen molar-refractivity contribution in [1.82, 2.24) is 29.9 Å². The molecule has 4 aromatic heterocycles. The smallest absolute Gasteiger partial charge is 0.404 e. The van der Waals surface area contributed by atoms with Crippen LogP contribution in [0.3, 0.4) is 0 Å². The van der Waals surface area contributed by atoms with Crippen molar-refractivity contribution < 1.29 is 14.3 Å². The number of piperidine rings is 1. The molecule has 2 atom stereocenters. The summed E-state index contributed by atoms with van der Waals surface area (Å²) < 4.78 is 15.8. The fourth-order valence-electron chi connectivity index (χ4n) is 4.26. The molecular formula is C23H23FN8O2. The van der Waals surface area contributed by atoms with Crippen molar-refractivity contribution >= 4 is 28.9 Å². The minimum Gasteiger partial charge on any atom is -0.465 e. The molecule has 0 aliphatic carbocycles. The van der Waals surface area contributed by atoms with E-state index in [1.165, 1.54) is 18.3 Å². The predicted octanol–water partition coefficient (Wildman–Crippen LogP) is 3.69. The maximum Gasteiger partial charge on any atom is 0.404 e. The molecule has 0 saturated carbocycles. The third-order valence-corrected chi connectivity index (χ3v) is 5.95. The molecule has 34 heavy (non-hydrogen) atoms. The van der Waals surface area contributed by atoms with Gasteiger partial charge in [-0.25, -0.2) is 14.2 Å². The lowest BCUT2D eigenvalue weighted by Crippen LogP contribution is -2.51. The Morgan fingerprint density at radius 3 is 2.85 bits per heavy atom. The largest absolute Gasteiger partial charge is 0.465 e. The van der Waals surface area contributed by atoms with Gasteiger partial charge in [-0.15, -0.1) is 0 Å². The fourth-order valence-corrected chi connectivity index (χ4v) is 4.26. The van der Waals surface area contributed by atoms with E-state index in [1.807, 2.05) is 6.07 Å². The molecular weight excluding hydrogens is 439 g/mol. The van der Waals surface area contributed by atoms with Crippen molar-refractivity contribution in [2.45, 2.75) is 31.8 Å². The number of hydrogen-bond acceptors (Lipinski definition) is 7. The SMILES string of the molecule is C[C@H]1CC[C@H](NC(=O)O)CN1c1ccncc1Nc1ncc2ccc(-c3ncccc3F)nn12. The van der Waals surface area contributed by atoms with Crippen LogP contribution in [0.1, 0.15) is 19.8 Å². The summed E-state index contributed by atoms with van der Waals surface area (Å²) in [4.78, 5) is 26.1. The zero-order chi connectivity index (χ0) is 23.7. The van der Waals surface area contributed by atoms with Gasteiger partial charge in [0.25, 0.3) is 0 Å². The number of halogens is 1. The van der Waals surface area contributed by atoms with Crippen molar-refractivity contribution in [3.8, 4) is 11.4 Å². The van der Waals surface area contributed by atoms with E-state index in [0.29, 0.717) is 23.9 Å². The van der Waals surface area contributed by atoms with Crippen LogP contribution in [0.2, 0.25) is 0 Å². The van der Waals surface area contributed by atoms with E-state index in [-0.39, 0.29) is 17.8 Å². The lowest BCUT2D eigenvalue weighted by Gasteiger charge is -2.40. The predicted molar refractivity (Wildman–Crippen MR) is 125 cm³/mol. The van der Waals surface area contributed by atoms with Gasteiger partial charge in [-0.2, -0.15) is 9.61 Å². The first kappa shape index (κ1) is 21.6. The summed E-state index contributed by atoms with van der Waals surface area (Å²) in [6, 6.07) is 8.31. The number of hydrogen-bond donors (Lipinski definition) is 3. The van der Waals surface area contributed by atoms with E-state index in [0.717, 1.165) is 24.0 Å². The second kappa shape index (κ2) is 8.93. The van der Waals surface area contributed by atoms with Gasteiger partial charge in [0.1, 0.15) is 11.4 Å². The quantitative estimate of drug-likeness (QED) is 0.411. The third kappa shape index (κ3) is 4.19. The van der Waals surface area contributed by atoms with E-state index < -0.39 is 11.9 Å². The molecule has 1 aliphatic rings. The van der Waals surface area contributed by atoms with Crippen LogP contribution >= 0.6 is 0 Å². The highest BCUT2D eigenvalue weighted by molar-refractivity contribution is 5.74. The maximum absolute atomic E-state index is 14.3. The monoisotopic (exact) mass is 462 g/mol. The van der Waals surface area contributed by atoms with Crippen molar-refractivity contribution in [3.05, 3.63) is 60.9 Å². The number of nitrogens with one attached hydrogen (secondary N) is 2. The average Bonchev–Trinajstić information content (AvgIpc) is 3.23. The lowest BCUT2D eigenvalue weighted by molar-refractivity contribution is 0.187. The van der Waals surface area contributed by atoms with E-state index in [9.17, 15) is 9.18 Å². The Balaban J connectivity index is 1.47. The van der Waals surface area contributed by atoms with Gasteiger partial charge in [-0.05, 0) is 50.1 Å². The molecule has 0 aromatic carbocycles. The summed E-state index contributed by atoms with van der Waals surface area (Å²) in [5, 5.41) is 19.6. The van der Waals surface area contributed by atoms with Gasteiger partial charge in [-0.3, -0.25) is 9.97 Å². The molecule has 3 N–H and O–H groups in total. The van der Waals surface area contributed by atoms with Crippen molar-refractivity contribution in [2.75, 3.05) is 16.8 Å². The minimum atomic E-state index is -1.03. The number of imidazole rings is 1. The zero-order valence-electron chi connectivity index (χ0n) is 18.4. The molecule has 11 heteroatoms. The fraction of sp³-hybridized carbons (Fsp3) is 0.261. The van der Waals surface area contributed by atoms with Gasteiger partial charge in [0.15, 0.2) is 5.82 Å². The number of fused-ring (bicyclic) bond motifs is 1.